The van der Waals surface area contributed by atoms with Crippen LogP contribution in [0.4, 0.5) is 0 Å². The molecule has 22 heavy (non-hydrogen) atoms. The van der Waals surface area contributed by atoms with Crippen molar-refractivity contribution < 1.29 is 8.42 Å². The van der Waals surface area contributed by atoms with Crippen molar-refractivity contribution in [3.63, 3.8) is 0 Å². The Bertz CT molecular complexity index is 860. The molecule has 0 radical (unpaired) electrons. The molecule has 3 rings (SSSR count). The van der Waals surface area contributed by atoms with Crippen molar-refractivity contribution in [1.29, 1.82) is 0 Å². The van der Waals surface area contributed by atoms with E-state index in [0.29, 0.717) is 16.2 Å². The number of hydrogen-bond acceptors (Lipinski definition) is 3. The van der Waals surface area contributed by atoms with Gasteiger partial charge in [-0.1, -0.05) is 36.4 Å². The first kappa shape index (κ1) is 14.5. The van der Waals surface area contributed by atoms with Crippen LogP contribution in [0.25, 0.3) is 0 Å². The van der Waals surface area contributed by atoms with E-state index in [1.807, 2.05) is 24.3 Å². The summed E-state index contributed by atoms with van der Waals surface area (Å²) in [5.41, 5.74) is 1.84. The van der Waals surface area contributed by atoms with Crippen LogP contribution in [0.15, 0.2) is 88.8 Å². The van der Waals surface area contributed by atoms with Crippen LogP contribution >= 0.6 is 0 Å². The van der Waals surface area contributed by atoms with Gasteiger partial charge in [-0.2, -0.15) is 0 Å². The second kappa shape index (κ2) is 6.12. The minimum absolute atomic E-state index is 0.310. The van der Waals surface area contributed by atoms with E-state index in [9.17, 15) is 8.42 Å². The number of sulfone groups is 1. The van der Waals surface area contributed by atoms with Crippen LogP contribution in [0.5, 0.6) is 0 Å². The molecule has 0 bridgehead atoms. The predicted octanol–water partition coefficient (Wildman–Crippen LogP) is 3.51. The van der Waals surface area contributed by atoms with Crippen LogP contribution in [-0.2, 0) is 16.3 Å². The summed E-state index contributed by atoms with van der Waals surface area (Å²) in [6.07, 6.45) is 2.35. The summed E-state index contributed by atoms with van der Waals surface area (Å²) in [6.45, 7) is 0. The highest BCUT2D eigenvalue weighted by Gasteiger charge is 2.17. The van der Waals surface area contributed by atoms with Crippen molar-refractivity contribution in [2.45, 2.75) is 16.2 Å². The zero-order chi connectivity index (χ0) is 15.4. The smallest absolute Gasteiger partial charge is 0.206 e. The standard InChI is InChI=1S/C18H15NO2S/c20-22(21,17-9-2-1-3-10-17)18-11-6-7-15(14-18)13-16-8-4-5-12-19-16/h1-12,14H,13H2. The van der Waals surface area contributed by atoms with E-state index in [0.717, 1.165) is 11.3 Å². The lowest BCUT2D eigenvalue weighted by molar-refractivity contribution is 0.596. The van der Waals surface area contributed by atoms with E-state index in [4.69, 9.17) is 0 Å². The fourth-order valence-electron chi connectivity index (χ4n) is 2.27. The van der Waals surface area contributed by atoms with E-state index < -0.39 is 9.84 Å². The Balaban J connectivity index is 1.95. The summed E-state index contributed by atoms with van der Waals surface area (Å²) in [7, 11) is -3.47. The largest absolute Gasteiger partial charge is 0.261 e. The SMILES string of the molecule is O=S(=O)(c1ccccc1)c1cccc(Cc2ccccn2)c1. The zero-order valence-corrected chi connectivity index (χ0v) is 12.7. The van der Waals surface area contributed by atoms with Gasteiger partial charge in [0.2, 0.25) is 9.84 Å². The second-order valence-corrected chi connectivity index (χ2v) is 6.91. The minimum atomic E-state index is -3.47. The molecule has 0 N–H and O–H groups in total. The highest BCUT2D eigenvalue weighted by molar-refractivity contribution is 7.91. The molecule has 0 spiro atoms. The Kier molecular flexibility index (Phi) is 4.02. The van der Waals surface area contributed by atoms with Gasteiger partial charge in [0, 0.05) is 18.3 Å². The first-order chi connectivity index (χ1) is 10.7. The van der Waals surface area contributed by atoms with Crippen molar-refractivity contribution >= 4 is 9.84 Å². The van der Waals surface area contributed by atoms with Crippen LogP contribution in [0.2, 0.25) is 0 Å². The summed E-state index contributed by atoms with van der Waals surface area (Å²) in [5.74, 6) is 0. The molecular formula is C18H15NO2S. The van der Waals surface area contributed by atoms with Crippen LogP contribution in [0.3, 0.4) is 0 Å². The summed E-state index contributed by atoms with van der Waals surface area (Å²) in [5, 5.41) is 0. The Hall–Kier alpha value is -2.46. The van der Waals surface area contributed by atoms with Crippen molar-refractivity contribution in [3.8, 4) is 0 Å². The normalized spacial score (nSPS) is 11.3. The molecule has 3 aromatic rings. The van der Waals surface area contributed by atoms with E-state index in [2.05, 4.69) is 4.98 Å². The average Bonchev–Trinajstić information content (AvgIpc) is 2.57. The van der Waals surface area contributed by atoms with Crippen LogP contribution in [-0.4, -0.2) is 13.4 Å². The molecule has 0 aliphatic carbocycles. The zero-order valence-electron chi connectivity index (χ0n) is 11.9. The van der Waals surface area contributed by atoms with Crippen molar-refractivity contribution in [1.82, 2.24) is 4.98 Å². The fourth-order valence-corrected chi connectivity index (χ4v) is 3.62. The molecule has 110 valence electrons. The van der Waals surface area contributed by atoms with Gasteiger partial charge in [0.05, 0.1) is 9.79 Å². The summed E-state index contributed by atoms with van der Waals surface area (Å²) < 4.78 is 25.2. The molecule has 1 aromatic heterocycles. The van der Waals surface area contributed by atoms with Crippen molar-refractivity contribution in [2.75, 3.05) is 0 Å². The molecule has 0 amide bonds. The van der Waals surface area contributed by atoms with E-state index in [1.54, 1.807) is 54.7 Å². The van der Waals surface area contributed by atoms with Crippen LogP contribution in [0, 0.1) is 0 Å². The summed E-state index contributed by atoms with van der Waals surface area (Å²) >= 11 is 0. The minimum Gasteiger partial charge on any atom is -0.261 e. The molecule has 0 aliphatic rings. The Morgan fingerprint density at radius 3 is 2.23 bits per heavy atom. The van der Waals surface area contributed by atoms with Gasteiger partial charge in [-0.05, 0) is 42.0 Å². The van der Waals surface area contributed by atoms with Gasteiger partial charge < -0.3 is 0 Å². The number of benzene rings is 2. The molecule has 0 fully saturated rings. The van der Waals surface area contributed by atoms with Crippen LogP contribution in [0.1, 0.15) is 11.3 Å². The molecular weight excluding hydrogens is 294 g/mol. The summed E-state index contributed by atoms with van der Waals surface area (Å²) in [4.78, 5) is 4.90. The molecule has 0 saturated carbocycles. The molecule has 0 atom stereocenters. The molecule has 2 aromatic carbocycles. The van der Waals surface area contributed by atoms with Crippen molar-refractivity contribution in [3.05, 3.63) is 90.3 Å². The third kappa shape index (κ3) is 3.07. The molecule has 4 heteroatoms. The molecule has 0 aliphatic heterocycles. The van der Waals surface area contributed by atoms with Gasteiger partial charge in [0.1, 0.15) is 0 Å². The van der Waals surface area contributed by atoms with Crippen molar-refractivity contribution in [2.24, 2.45) is 0 Å². The summed E-state index contributed by atoms with van der Waals surface area (Å²) in [6, 6.07) is 21.2. The highest BCUT2D eigenvalue weighted by Crippen LogP contribution is 2.22. The number of hydrogen-bond donors (Lipinski definition) is 0. The maximum absolute atomic E-state index is 12.6. The first-order valence-electron chi connectivity index (χ1n) is 6.95. The van der Waals surface area contributed by atoms with Gasteiger partial charge in [0.25, 0.3) is 0 Å². The van der Waals surface area contributed by atoms with Gasteiger partial charge in [-0.3, -0.25) is 4.98 Å². The number of nitrogens with zero attached hydrogens (tertiary/aromatic N) is 1. The van der Waals surface area contributed by atoms with E-state index in [-0.39, 0.29) is 0 Å². The van der Waals surface area contributed by atoms with Gasteiger partial charge in [-0.25, -0.2) is 8.42 Å². The predicted molar refractivity (Wildman–Crippen MR) is 85.4 cm³/mol. The lowest BCUT2D eigenvalue weighted by atomic mass is 10.1. The van der Waals surface area contributed by atoms with Gasteiger partial charge in [0.15, 0.2) is 0 Å². The number of rotatable bonds is 4. The quantitative estimate of drug-likeness (QED) is 0.741. The average molecular weight is 309 g/mol. The Morgan fingerprint density at radius 1 is 0.773 bits per heavy atom. The number of aromatic nitrogens is 1. The van der Waals surface area contributed by atoms with Gasteiger partial charge in [-0.15, -0.1) is 0 Å². The fraction of sp³-hybridized carbons (Fsp3) is 0.0556. The molecule has 0 unspecified atom stereocenters. The lowest BCUT2D eigenvalue weighted by Crippen LogP contribution is -2.02. The Morgan fingerprint density at radius 2 is 1.50 bits per heavy atom. The van der Waals surface area contributed by atoms with E-state index >= 15 is 0 Å². The monoisotopic (exact) mass is 309 g/mol. The first-order valence-corrected chi connectivity index (χ1v) is 8.43. The third-order valence-electron chi connectivity index (χ3n) is 3.37. The highest BCUT2D eigenvalue weighted by atomic mass is 32.2. The molecule has 0 saturated heterocycles. The maximum Gasteiger partial charge on any atom is 0.206 e. The van der Waals surface area contributed by atoms with Gasteiger partial charge >= 0.3 is 0 Å². The molecule has 1 heterocycles. The van der Waals surface area contributed by atoms with Crippen LogP contribution < -0.4 is 0 Å². The Labute approximate surface area is 130 Å². The van der Waals surface area contributed by atoms with E-state index in [1.165, 1.54) is 0 Å². The maximum atomic E-state index is 12.6. The second-order valence-electron chi connectivity index (χ2n) is 4.96. The third-order valence-corrected chi connectivity index (χ3v) is 5.14. The number of pyridine rings is 1. The lowest BCUT2D eigenvalue weighted by Gasteiger charge is -2.07. The molecule has 3 nitrogen and oxygen atoms in total. The topological polar surface area (TPSA) is 47.0 Å².